The van der Waals surface area contributed by atoms with Crippen LogP contribution >= 0.6 is 27.5 Å². The first-order valence-electron chi connectivity index (χ1n) is 5.21. The first-order chi connectivity index (χ1) is 8.56. The maximum Gasteiger partial charge on any atom is 0.252 e. The molecule has 0 unspecified atom stereocenters. The van der Waals surface area contributed by atoms with E-state index in [2.05, 4.69) is 26.4 Å². The number of aryl methyl sites for hydroxylation is 1. The highest BCUT2D eigenvalue weighted by Crippen LogP contribution is 2.21. The number of aromatic nitrogens is 1. The summed E-state index contributed by atoms with van der Waals surface area (Å²) in [4.78, 5) is 11.9. The van der Waals surface area contributed by atoms with Gasteiger partial charge in [-0.15, -0.1) is 0 Å². The van der Waals surface area contributed by atoms with Crippen LogP contribution in [-0.2, 0) is 6.54 Å². The van der Waals surface area contributed by atoms with Crippen molar-refractivity contribution in [3.63, 3.8) is 0 Å². The molecule has 0 fully saturated rings. The molecule has 18 heavy (non-hydrogen) atoms. The van der Waals surface area contributed by atoms with Crippen molar-refractivity contribution in [1.29, 1.82) is 0 Å². The standard InChI is InChI=1S/C12H10BrClN2O2/c1-7-4-9(16-18-7)6-15-12(17)10-5-8(14)2-3-11(10)13/h2-5H,6H2,1H3,(H,15,17). The van der Waals surface area contributed by atoms with Gasteiger partial charge in [-0.3, -0.25) is 4.79 Å². The van der Waals surface area contributed by atoms with Crippen molar-refractivity contribution in [1.82, 2.24) is 10.5 Å². The lowest BCUT2D eigenvalue weighted by molar-refractivity contribution is 0.0949. The van der Waals surface area contributed by atoms with Gasteiger partial charge in [0.05, 0.1) is 12.1 Å². The molecule has 0 radical (unpaired) electrons. The summed E-state index contributed by atoms with van der Waals surface area (Å²) in [5.74, 6) is 0.494. The van der Waals surface area contributed by atoms with Gasteiger partial charge in [0.2, 0.25) is 0 Å². The van der Waals surface area contributed by atoms with E-state index in [4.69, 9.17) is 16.1 Å². The van der Waals surface area contributed by atoms with Gasteiger partial charge in [-0.05, 0) is 41.1 Å². The summed E-state index contributed by atoms with van der Waals surface area (Å²) in [6.45, 7) is 2.11. The molecule has 0 atom stereocenters. The zero-order valence-electron chi connectivity index (χ0n) is 9.54. The number of rotatable bonds is 3. The van der Waals surface area contributed by atoms with E-state index < -0.39 is 0 Å². The number of amides is 1. The summed E-state index contributed by atoms with van der Waals surface area (Å²) in [5, 5.41) is 7.05. The van der Waals surface area contributed by atoms with Crippen LogP contribution in [0.5, 0.6) is 0 Å². The van der Waals surface area contributed by atoms with Gasteiger partial charge in [0.25, 0.3) is 5.91 Å². The second-order valence-corrected chi connectivity index (χ2v) is 5.03. The summed E-state index contributed by atoms with van der Waals surface area (Å²) in [6.07, 6.45) is 0. The molecular formula is C12H10BrClN2O2. The van der Waals surface area contributed by atoms with Crippen LogP contribution in [0.15, 0.2) is 33.3 Å². The van der Waals surface area contributed by atoms with E-state index in [0.717, 1.165) is 0 Å². The van der Waals surface area contributed by atoms with Gasteiger partial charge in [0.15, 0.2) is 0 Å². The predicted octanol–water partition coefficient (Wildman–Crippen LogP) is 3.33. The molecular weight excluding hydrogens is 320 g/mol. The third-order valence-electron chi connectivity index (χ3n) is 2.28. The van der Waals surface area contributed by atoms with Crippen molar-refractivity contribution in [2.24, 2.45) is 0 Å². The average Bonchev–Trinajstić information content (AvgIpc) is 2.75. The van der Waals surface area contributed by atoms with E-state index in [0.29, 0.717) is 33.1 Å². The SMILES string of the molecule is Cc1cc(CNC(=O)c2cc(Cl)ccc2Br)no1. The average molecular weight is 330 g/mol. The quantitative estimate of drug-likeness (QED) is 0.939. The van der Waals surface area contributed by atoms with Gasteiger partial charge in [0, 0.05) is 15.6 Å². The highest BCUT2D eigenvalue weighted by Gasteiger charge is 2.11. The van der Waals surface area contributed by atoms with Crippen molar-refractivity contribution in [2.45, 2.75) is 13.5 Å². The molecule has 2 rings (SSSR count). The molecule has 0 aliphatic rings. The van der Waals surface area contributed by atoms with Gasteiger partial charge in [-0.25, -0.2) is 0 Å². The molecule has 1 heterocycles. The van der Waals surface area contributed by atoms with Crippen molar-refractivity contribution in [3.8, 4) is 0 Å². The van der Waals surface area contributed by atoms with Crippen molar-refractivity contribution in [2.75, 3.05) is 0 Å². The van der Waals surface area contributed by atoms with Crippen LogP contribution in [-0.4, -0.2) is 11.1 Å². The molecule has 4 nitrogen and oxygen atoms in total. The Morgan fingerprint density at radius 2 is 2.28 bits per heavy atom. The maximum atomic E-state index is 11.9. The largest absolute Gasteiger partial charge is 0.361 e. The minimum Gasteiger partial charge on any atom is -0.361 e. The number of nitrogens with one attached hydrogen (secondary N) is 1. The summed E-state index contributed by atoms with van der Waals surface area (Å²) in [5.41, 5.74) is 1.17. The van der Waals surface area contributed by atoms with Gasteiger partial charge in [-0.2, -0.15) is 0 Å². The van der Waals surface area contributed by atoms with Crippen LogP contribution in [0.25, 0.3) is 0 Å². The minimum atomic E-state index is -0.218. The second kappa shape index (κ2) is 5.54. The number of benzene rings is 1. The number of hydrogen-bond acceptors (Lipinski definition) is 3. The highest BCUT2D eigenvalue weighted by atomic mass is 79.9. The van der Waals surface area contributed by atoms with E-state index in [1.54, 1.807) is 31.2 Å². The van der Waals surface area contributed by atoms with Crippen molar-refractivity contribution < 1.29 is 9.32 Å². The number of nitrogens with zero attached hydrogens (tertiary/aromatic N) is 1. The molecule has 0 aliphatic heterocycles. The Balaban J connectivity index is 2.05. The van der Waals surface area contributed by atoms with Crippen molar-refractivity contribution >= 4 is 33.4 Å². The molecule has 1 N–H and O–H groups in total. The Bertz CT molecular complexity index is 583. The Kier molecular flexibility index (Phi) is 4.04. The summed E-state index contributed by atoms with van der Waals surface area (Å²) >= 11 is 9.16. The van der Waals surface area contributed by atoms with Gasteiger partial charge >= 0.3 is 0 Å². The van der Waals surface area contributed by atoms with Crippen molar-refractivity contribution in [3.05, 3.63) is 50.8 Å². The number of hydrogen-bond donors (Lipinski definition) is 1. The smallest absolute Gasteiger partial charge is 0.252 e. The van der Waals surface area contributed by atoms with Crippen LogP contribution in [0.2, 0.25) is 5.02 Å². The molecule has 0 aliphatic carbocycles. The highest BCUT2D eigenvalue weighted by molar-refractivity contribution is 9.10. The van der Waals surface area contributed by atoms with Crippen LogP contribution in [0.4, 0.5) is 0 Å². The lowest BCUT2D eigenvalue weighted by Gasteiger charge is -2.05. The Hall–Kier alpha value is -1.33. The van der Waals surface area contributed by atoms with Gasteiger partial charge in [0.1, 0.15) is 11.5 Å². The van der Waals surface area contributed by atoms with Crippen LogP contribution in [0.1, 0.15) is 21.8 Å². The zero-order valence-corrected chi connectivity index (χ0v) is 11.9. The molecule has 1 aromatic carbocycles. The van der Waals surface area contributed by atoms with Gasteiger partial charge in [-0.1, -0.05) is 16.8 Å². The summed E-state index contributed by atoms with van der Waals surface area (Å²) in [7, 11) is 0. The van der Waals surface area contributed by atoms with E-state index >= 15 is 0 Å². The van der Waals surface area contributed by atoms with E-state index in [1.165, 1.54) is 0 Å². The second-order valence-electron chi connectivity index (χ2n) is 3.74. The Morgan fingerprint density at radius 1 is 1.50 bits per heavy atom. The number of halogens is 2. The first kappa shape index (κ1) is 13.1. The molecule has 0 saturated carbocycles. The molecule has 0 bridgehead atoms. The van der Waals surface area contributed by atoms with Gasteiger partial charge < -0.3 is 9.84 Å². The van der Waals surface area contributed by atoms with Crippen LogP contribution in [0.3, 0.4) is 0 Å². The molecule has 94 valence electrons. The zero-order chi connectivity index (χ0) is 13.1. The summed E-state index contributed by atoms with van der Waals surface area (Å²) < 4.78 is 5.61. The lowest BCUT2D eigenvalue weighted by atomic mass is 10.2. The lowest BCUT2D eigenvalue weighted by Crippen LogP contribution is -2.23. The molecule has 1 amide bonds. The van der Waals surface area contributed by atoms with Crippen LogP contribution in [0, 0.1) is 6.92 Å². The fourth-order valence-electron chi connectivity index (χ4n) is 1.44. The molecule has 0 saturated heterocycles. The fraction of sp³-hybridized carbons (Fsp3) is 0.167. The van der Waals surface area contributed by atoms with E-state index in [9.17, 15) is 4.79 Å². The normalized spacial score (nSPS) is 10.4. The third kappa shape index (κ3) is 3.11. The number of carbonyl (C=O) groups is 1. The van der Waals surface area contributed by atoms with E-state index in [-0.39, 0.29) is 5.91 Å². The molecule has 2 aromatic rings. The summed E-state index contributed by atoms with van der Waals surface area (Å²) in [6, 6.07) is 6.82. The van der Waals surface area contributed by atoms with E-state index in [1.807, 2.05) is 0 Å². The monoisotopic (exact) mass is 328 g/mol. The molecule has 1 aromatic heterocycles. The first-order valence-corrected chi connectivity index (χ1v) is 6.39. The number of carbonyl (C=O) groups excluding carboxylic acids is 1. The maximum absolute atomic E-state index is 11.9. The Morgan fingerprint density at radius 3 is 2.94 bits per heavy atom. The Labute approximate surface area is 117 Å². The topological polar surface area (TPSA) is 55.1 Å². The van der Waals surface area contributed by atoms with Crippen LogP contribution < -0.4 is 5.32 Å². The third-order valence-corrected chi connectivity index (χ3v) is 3.21. The predicted molar refractivity (Wildman–Crippen MR) is 71.6 cm³/mol. The molecule has 6 heteroatoms. The molecule has 0 spiro atoms. The minimum absolute atomic E-state index is 0.218. The fourth-order valence-corrected chi connectivity index (χ4v) is 2.04.